The molecule has 1 N–H and O–H groups in total. The van der Waals surface area contributed by atoms with Crippen molar-refractivity contribution in [2.75, 3.05) is 0 Å². The van der Waals surface area contributed by atoms with Crippen molar-refractivity contribution < 1.29 is 0 Å². The molecule has 0 amide bonds. The molecule has 0 saturated carbocycles. The number of rotatable bonds is 2. The van der Waals surface area contributed by atoms with Crippen LogP contribution in [0.5, 0.6) is 0 Å². The predicted octanol–water partition coefficient (Wildman–Crippen LogP) is 3.73. The Balaban J connectivity index is 1.92. The highest BCUT2D eigenvalue weighted by atomic mass is 14.7. The van der Waals surface area contributed by atoms with Crippen molar-refractivity contribution in [2.45, 2.75) is 0 Å². The van der Waals surface area contributed by atoms with Gasteiger partial charge in [-0.15, -0.1) is 0 Å². The van der Waals surface area contributed by atoms with Gasteiger partial charge in [0.2, 0.25) is 0 Å². The molecule has 0 aliphatic heterocycles. The molecule has 0 radical (unpaired) electrons. The number of nitrogens with zero attached hydrogens (tertiary/aromatic N) is 1. The van der Waals surface area contributed by atoms with E-state index in [0.29, 0.717) is 0 Å². The Kier molecular flexibility index (Phi) is 2.47. The van der Waals surface area contributed by atoms with Crippen molar-refractivity contribution in [3.8, 4) is 0 Å². The highest BCUT2D eigenvalue weighted by molar-refractivity contribution is 5.83. The average molecular weight is 220 g/mol. The smallest absolute Gasteiger partial charge is 0.0629 e. The van der Waals surface area contributed by atoms with Crippen LogP contribution in [0.1, 0.15) is 11.3 Å². The Morgan fingerprint density at radius 1 is 1.00 bits per heavy atom. The number of pyridine rings is 1. The third-order valence-electron chi connectivity index (χ3n) is 2.71. The van der Waals surface area contributed by atoms with Crippen molar-refractivity contribution in [3.05, 3.63) is 66.1 Å². The van der Waals surface area contributed by atoms with Gasteiger partial charge in [0, 0.05) is 17.9 Å². The number of aromatic amines is 1. The minimum absolute atomic E-state index is 0.974. The molecule has 0 aliphatic carbocycles. The maximum atomic E-state index is 4.25. The number of H-pyrrole nitrogens is 1. The van der Waals surface area contributed by atoms with Gasteiger partial charge >= 0.3 is 0 Å². The molecule has 2 heteroatoms. The van der Waals surface area contributed by atoms with Crippen LogP contribution in [0.15, 0.2) is 54.9 Å². The molecule has 3 aromatic rings. The third-order valence-corrected chi connectivity index (χ3v) is 2.71. The molecular formula is C15H12N2. The molecule has 3 rings (SSSR count). The van der Waals surface area contributed by atoms with Gasteiger partial charge in [-0.3, -0.25) is 4.98 Å². The average Bonchev–Trinajstić information content (AvgIpc) is 2.85. The lowest BCUT2D eigenvalue weighted by Crippen LogP contribution is -1.77. The Morgan fingerprint density at radius 3 is 2.88 bits per heavy atom. The lowest BCUT2D eigenvalue weighted by Gasteiger charge is -1.95. The van der Waals surface area contributed by atoms with Crippen molar-refractivity contribution in [1.82, 2.24) is 9.97 Å². The topological polar surface area (TPSA) is 28.7 Å². The molecular weight excluding hydrogens is 208 g/mol. The Bertz CT molecular complexity index is 651. The van der Waals surface area contributed by atoms with Crippen LogP contribution in [-0.4, -0.2) is 9.97 Å². The van der Waals surface area contributed by atoms with E-state index in [1.807, 2.05) is 30.5 Å². The molecule has 2 aromatic heterocycles. The SMILES string of the molecule is C(=Cc1ccccn1)c1ccc2[nH]ccc2c1. The summed E-state index contributed by atoms with van der Waals surface area (Å²) >= 11 is 0. The quantitative estimate of drug-likeness (QED) is 0.700. The van der Waals surface area contributed by atoms with Gasteiger partial charge in [-0.05, 0) is 47.4 Å². The third kappa shape index (κ3) is 2.11. The minimum Gasteiger partial charge on any atom is -0.361 e. The van der Waals surface area contributed by atoms with Gasteiger partial charge in [0.25, 0.3) is 0 Å². The summed E-state index contributed by atoms with van der Waals surface area (Å²) in [4.78, 5) is 7.44. The van der Waals surface area contributed by atoms with Gasteiger partial charge < -0.3 is 4.98 Å². The monoisotopic (exact) mass is 220 g/mol. The van der Waals surface area contributed by atoms with E-state index in [1.165, 1.54) is 16.5 Å². The molecule has 2 heterocycles. The van der Waals surface area contributed by atoms with E-state index in [1.54, 1.807) is 6.20 Å². The van der Waals surface area contributed by atoms with E-state index in [0.717, 1.165) is 5.69 Å². The van der Waals surface area contributed by atoms with Gasteiger partial charge in [-0.2, -0.15) is 0 Å². The molecule has 0 fully saturated rings. The summed E-state index contributed by atoms with van der Waals surface area (Å²) in [6.45, 7) is 0. The van der Waals surface area contributed by atoms with Gasteiger partial charge in [-0.25, -0.2) is 0 Å². The number of hydrogen-bond donors (Lipinski definition) is 1. The Labute approximate surface area is 99.6 Å². The highest BCUT2D eigenvalue weighted by Gasteiger charge is 1.94. The first-order valence-electron chi connectivity index (χ1n) is 5.58. The van der Waals surface area contributed by atoms with Crippen LogP contribution >= 0.6 is 0 Å². The first-order valence-corrected chi connectivity index (χ1v) is 5.58. The Hall–Kier alpha value is -2.35. The van der Waals surface area contributed by atoms with Crippen LogP contribution in [0, 0.1) is 0 Å². The van der Waals surface area contributed by atoms with Crippen LogP contribution in [0.3, 0.4) is 0 Å². The molecule has 17 heavy (non-hydrogen) atoms. The summed E-state index contributed by atoms with van der Waals surface area (Å²) < 4.78 is 0. The van der Waals surface area contributed by atoms with Crippen LogP contribution in [0.2, 0.25) is 0 Å². The summed E-state index contributed by atoms with van der Waals surface area (Å²) in [5.74, 6) is 0. The minimum atomic E-state index is 0.974. The lowest BCUT2D eigenvalue weighted by atomic mass is 10.1. The van der Waals surface area contributed by atoms with E-state index in [9.17, 15) is 0 Å². The standard InChI is InChI=1S/C15H12N2/c1-2-9-16-14(3-1)6-4-12-5-7-15-13(11-12)8-10-17-15/h1-11,17H. The number of nitrogens with one attached hydrogen (secondary N) is 1. The van der Waals surface area contributed by atoms with E-state index in [2.05, 4.69) is 40.3 Å². The summed E-state index contributed by atoms with van der Waals surface area (Å²) in [5.41, 5.74) is 3.32. The number of hydrogen-bond acceptors (Lipinski definition) is 1. The van der Waals surface area contributed by atoms with Gasteiger partial charge in [0.15, 0.2) is 0 Å². The van der Waals surface area contributed by atoms with E-state index < -0.39 is 0 Å². The summed E-state index contributed by atoms with van der Waals surface area (Å²) in [5, 5.41) is 1.23. The zero-order valence-electron chi connectivity index (χ0n) is 9.30. The molecule has 0 aliphatic rings. The molecule has 0 unspecified atom stereocenters. The molecule has 0 saturated heterocycles. The molecule has 82 valence electrons. The first kappa shape index (κ1) is 9.85. The maximum absolute atomic E-state index is 4.25. The van der Waals surface area contributed by atoms with E-state index in [4.69, 9.17) is 0 Å². The van der Waals surface area contributed by atoms with E-state index >= 15 is 0 Å². The normalized spacial score (nSPS) is 11.3. The molecule has 0 atom stereocenters. The fourth-order valence-electron chi connectivity index (χ4n) is 1.83. The second kappa shape index (κ2) is 4.26. The molecule has 0 bridgehead atoms. The van der Waals surface area contributed by atoms with Crippen molar-refractivity contribution in [1.29, 1.82) is 0 Å². The van der Waals surface area contributed by atoms with Gasteiger partial charge in [0.05, 0.1) is 5.69 Å². The van der Waals surface area contributed by atoms with Gasteiger partial charge in [0.1, 0.15) is 0 Å². The molecule has 0 spiro atoms. The summed E-state index contributed by atoms with van der Waals surface area (Å²) in [6, 6.07) is 14.3. The van der Waals surface area contributed by atoms with E-state index in [-0.39, 0.29) is 0 Å². The van der Waals surface area contributed by atoms with Crippen molar-refractivity contribution in [2.24, 2.45) is 0 Å². The largest absolute Gasteiger partial charge is 0.361 e. The van der Waals surface area contributed by atoms with Crippen LogP contribution < -0.4 is 0 Å². The number of benzene rings is 1. The molecule has 2 nitrogen and oxygen atoms in total. The lowest BCUT2D eigenvalue weighted by molar-refractivity contribution is 1.30. The van der Waals surface area contributed by atoms with Crippen LogP contribution in [0.4, 0.5) is 0 Å². The zero-order valence-corrected chi connectivity index (χ0v) is 9.30. The predicted molar refractivity (Wildman–Crippen MR) is 71.5 cm³/mol. The van der Waals surface area contributed by atoms with Crippen LogP contribution in [0.25, 0.3) is 23.1 Å². The number of fused-ring (bicyclic) bond motifs is 1. The number of aromatic nitrogens is 2. The van der Waals surface area contributed by atoms with Crippen molar-refractivity contribution >= 4 is 23.1 Å². The summed E-state index contributed by atoms with van der Waals surface area (Å²) in [6.07, 6.45) is 7.86. The fraction of sp³-hybridized carbons (Fsp3) is 0. The fourth-order valence-corrected chi connectivity index (χ4v) is 1.83. The second-order valence-corrected chi connectivity index (χ2v) is 3.91. The first-order chi connectivity index (χ1) is 8.42. The Morgan fingerprint density at radius 2 is 2.00 bits per heavy atom. The van der Waals surface area contributed by atoms with Crippen LogP contribution in [-0.2, 0) is 0 Å². The maximum Gasteiger partial charge on any atom is 0.0629 e. The second-order valence-electron chi connectivity index (χ2n) is 3.91. The summed E-state index contributed by atoms with van der Waals surface area (Å²) in [7, 11) is 0. The highest BCUT2D eigenvalue weighted by Crippen LogP contribution is 2.15. The zero-order chi connectivity index (χ0) is 11.5. The molecule has 1 aromatic carbocycles. The van der Waals surface area contributed by atoms with Gasteiger partial charge in [-0.1, -0.05) is 18.2 Å². The van der Waals surface area contributed by atoms with Crippen molar-refractivity contribution in [3.63, 3.8) is 0 Å².